The van der Waals surface area contributed by atoms with Crippen LogP contribution in [0, 0.1) is 17.4 Å². The van der Waals surface area contributed by atoms with E-state index >= 15 is 0 Å². The van der Waals surface area contributed by atoms with E-state index in [4.69, 9.17) is 5.53 Å². The molecule has 2 nitrogen and oxygen atoms in total. The number of fused-ring (bicyclic) bond motifs is 1. The van der Waals surface area contributed by atoms with Crippen molar-refractivity contribution >= 4 is 0 Å². The monoisotopic (exact) mass is 166 g/mol. The molecule has 0 bridgehead atoms. The lowest BCUT2D eigenvalue weighted by Crippen LogP contribution is -2.33. The van der Waals surface area contributed by atoms with Crippen LogP contribution in [0.4, 0.5) is 0 Å². The van der Waals surface area contributed by atoms with Crippen molar-refractivity contribution in [2.45, 2.75) is 51.0 Å². The Hall–Kier alpha value is -0.400. The third-order valence-corrected chi connectivity index (χ3v) is 3.70. The number of hydrogen-bond acceptors (Lipinski definition) is 2. The summed E-state index contributed by atoms with van der Waals surface area (Å²) in [6.45, 7) is 0. The van der Waals surface area contributed by atoms with Gasteiger partial charge in [0.05, 0.1) is 6.04 Å². The van der Waals surface area contributed by atoms with Gasteiger partial charge in [0.25, 0.3) is 0 Å². The molecule has 2 aliphatic rings. The summed E-state index contributed by atoms with van der Waals surface area (Å²) < 4.78 is 0. The summed E-state index contributed by atoms with van der Waals surface area (Å²) in [5.41, 5.74) is 7.15. The second-order valence-electron chi connectivity index (χ2n) is 4.34. The minimum absolute atomic E-state index is 0.393. The summed E-state index contributed by atoms with van der Waals surface area (Å²) in [4.78, 5) is 0. The molecule has 0 amide bonds. The van der Waals surface area contributed by atoms with Crippen molar-refractivity contribution < 1.29 is 0 Å². The quantitative estimate of drug-likeness (QED) is 0.580. The van der Waals surface area contributed by atoms with Crippen LogP contribution in [0.3, 0.4) is 0 Å². The Labute approximate surface area is 74.2 Å². The van der Waals surface area contributed by atoms with Crippen LogP contribution in [0.5, 0.6) is 0 Å². The van der Waals surface area contributed by atoms with E-state index in [-0.39, 0.29) is 0 Å². The van der Waals surface area contributed by atoms with Crippen molar-refractivity contribution in [3.8, 4) is 0 Å². The van der Waals surface area contributed by atoms with Gasteiger partial charge >= 0.3 is 0 Å². The number of nitrogens with zero attached hydrogens (tertiary/aromatic N) is 1. The standard InChI is InChI=1S/C10H18N2/c11-12-10-7-3-5-8-4-1-2-6-9(8)10/h8-11H,1-7H2. The number of rotatable bonds is 1. The van der Waals surface area contributed by atoms with E-state index < -0.39 is 0 Å². The van der Waals surface area contributed by atoms with E-state index in [0.717, 1.165) is 11.8 Å². The van der Waals surface area contributed by atoms with Crippen molar-refractivity contribution in [2.24, 2.45) is 17.0 Å². The molecule has 0 aromatic heterocycles. The Kier molecular flexibility index (Phi) is 2.43. The molecule has 12 heavy (non-hydrogen) atoms. The minimum Gasteiger partial charge on any atom is -0.210 e. The van der Waals surface area contributed by atoms with Crippen LogP contribution in [0.1, 0.15) is 44.9 Å². The summed E-state index contributed by atoms with van der Waals surface area (Å²) in [7, 11) is 0. The smallest absolute Gasteiger partial charge is 0.0736 e. The first-order valence-corrected chi connectivity index (χ1v) is 5.28. The zero-order valence-corrected chi connectivity index (χ0v) is 7.63. The third kappa shape index (κ3) is 1.39. The highest BCUT2D eigenvalue weighted by molar-refractivity contribution is 4.87. The van der Waals surface area contributed by atoms with Gasteiger partial charge in [-0.3, -0.25) is 0 Å². The summed E-state index contributed by atoms with van der Waals surface area (Å²) in [6.07, 6.45) is 9.48. The summed E-state index contributed by atoms with van der Waals surface area (Å²) >= 11 is 0. The van der Waals surface area contributed by atoms with Gasteiger partial charge in [0.15, 0.2) is 0 Å². The first kappa shape index (κ1) is 8.21. The molecular formula is C10H18N2. The maximum Gasteiger partial charge on any atom is 0.0736 e. The molecular weight excluding hydrogens is 148 g/mol. The van der Waals surface area contributed by atoms with Gasteiger partial charge in [-0.1, -0.05) is 32.1 Å². The van der Waals surface area contributed by atoms with Crippen molar-refractivity contribution in [1.29, 1.82) is 5.53 Å². The lowest BCUT2D eigenvalue weighted by molar-refractivity contribution is 0.143. The van der Waals surface area contributed by atoms with Crippen molar-refractivity contribution in [1.82, 2.24) is 0 Å². The van der Waals surface area contributed by atoms with Gasteiger partial charge in [0.2, 0.25) is 0 Å². The Morgan fingerprint density at radius 1 is 0.917 bits per heavy atom. The highest BCUT2D eigenvalue weighted by Gasteiger charge is 2.34. The topological polar surface area (TPSA) is 36.2 Å². The zero-order valence-electron chi connectivity index (χ0n) is 7.63. The molecule has 2 saturated carbocycles. The predicted molar refractivity (Wildman–Crippen MR) is 48.2 cm³/mol. The van der Waals surface area contributed by atoms with E-state index in [0.29, 0.717) is 6.04 Å². The molecule has 1 N–H and O–H groups in total. The van der Waals surface area contributed by atoms with Gasteiger partial charge in [-0.15, -0.1) is 0 Å². The third-order valence-electron chi connectivity index (χ3n) is 3.70. The summed E-state index contributed by atoms with van der Waals surface area (Å²) in [6, 6.07) is 0.393. The maximum absolute atomic E-state index is 7.15. The highest BCUT2D eigenvalue weighted by atomic mass is 15.0. The summed E-state index contributed by atoms with van der Waals surface area (Å²) in [5, 5.41) is 3.78. The molecule has 0 aromatic carbocycles. The number of hydrogen-bond donors (Lipinski definition) is 1. The Morgan fingerprint density at radius 2 is 1.67 bits per heavy atom. The zero-order chi connectivity index (χ0) is 8.39. The molecule has 2 fully saturated rings. The molecule has 0 saturated heterocycles. The average molecular weight is 166 g/mol. The lowest BCUT2D eigenvalue weighted by atomic mass is 9.69. The van der Waals surface area contributed by atoms with Crippen LogP contribution < -0.4 is 0 Å². The normalized spacial score (nSPS) is 41.8. The van der Waals surface area contributed by atoms with Crippen LogP contribution in [0.15, 0.2) is 5.11 Å². The molecule has 3 atom stereocenters. The van der Waals surface area contributed by atoms with Crippen LogP contribution in [-0.2, 0) is 0 Å². The van der Waals surface area contributed by atoms with Crippen LogP contribution in [-0.4, -0.2) is 6.04 Å². The highest BCUT2D eigenvalue weighted by Crippen LogP contribution is 2.41. The molecule has 0 aromatic rings. The number of nitrogens with one attached hydrogen (secondary N) is 1. The van der Waals surface area contributed by atoms with E-state index in [2.05, 4.69) is 5.11 Å². The van der Waals surface area contributed by atoms with Crippen LogP contribution in [0.2, 0.25) is 0 Å². The van der Waals surface area contributed by atoms with Gasteiger partial charge in [0.1, 0.15) is 0 Å². The largest absolute Gasteiger partial charge is 0.210 e. The SMILES string of the molecule is N=NC1CCCC2CCCCC21. The second-order valence-corrected chi connectivity index (χ2v) is 4.34. The van der Waals surface area contributed by atoms with E-state index in [1.54, 1.807) is 0 Å². The minimum atomic E-state index is 0.393. The van der Waals surface area contributed by atoms with Gasteiger partial charge < -0.3 is 0 Å². The van der Waals surface area contributed by atoms with Crippen molar-refractivity contribution in [2.75, 3.05) is 0 Å². The molecule has 2 heteroatoms. The van der Waals surface area contributed by atoms with Crippen LogP contribution >= 0.6 is 0 Å². The van der Waals surface area contributed by atoms with Gasteiger partial charge in [-0.05, 0) is 24.7 Å². The Balaban J connectivity index is 2.03. The maximum atomic E-state index is 7.15. The van der Waals surface area contributed by atoms with Gasteiger partial charge in [-0.25, -0.2) is 5.53 Å². The molecule has 3 unspecified atom stereocenters. The second kappa shape index (κ2) is 3.55. The fourth-order valence-corrected chi connectivity index (χ4v) is 3.06. The molecule has 0 radical (unpaired) electrons. The van der Waals surface area contributed by atoms with Crippen LogP contribution in [0.25, 0.3) is 0 Å². The molecule has 0 heterocycles. The van der Waals surface area contributed by atoms with Gasteiger partial charge in [0, 0.05) is 0 Å². The Morgan fingerprint density at radius 3 is 2.50 bits per heavy atom. The summed E-state index contributed by atoms with van der Waals surface area (Å²) in [5.74, 6) is 1.71. The fourth-order valence-electron chi connectivity index (χ4n) is 3.06. The molecule has 0 spiro atoms. The van der Waals surface area contributed by atoms with E-state index in [9.17, 15) is 0 Å². The molecule has 2 aliphatic carbocycles. The fraction of sp³-hybridized carbons (Fsp3) is 1.00. The van der Waals surface area contributed by atoms with E-state index in [1.165, 1.54) is 44.9 Å². The predicted octanol–water partition coefficient (Wildman–Crippen LogP) is 3.38. The molecule has 0 aliphatic heterocycles. The molecule has 2 rings (SSSR count). The average Bonchev–Trinajstić information content (AvgIpc) is 2.17. The van der Waals surface area contributed by atoms with Gasteiger partial charge in [-0.2, -0.15) is 5.11 Å². The van der Waals surface area contributed by atoms with Crippen molar-refractivity contribution in [3.63, 3.8) is 0 Å². The van der Waals surface area contributed by atoms with E-state index in [1.807, 2.05) is 0 Å². The first-order valence-electron chi connectivity index (χ1n) is 5.28. The Bertz CT molecular complexity index is 165. The van der Waals surface area contributed by atoms with Crippen molar-refractivity contribution in [3.05, 3.63) is 0 Å². The molecule has 68 valence electrons. The lowest BCUT2D eigenvalue weighted by Gasteiger charge is -2.38. The first-order chi connectivity index (χ1) is 5.92.